The Labute approximate surface area is 116 Å². The molecule has 2 rings (SSSR count). The summed E-state index contributed by atoms with van der Waals surface area (Å²) >= 11 is 1.45. The molecule has 0 unspecified atom stereocenters. The van der Waals surface area contributed by atoms with Gasteiger partial charge >= 0.3 is 0 Å². The molecule has 6 heteroatoms. The van der Waals surface area contributed by atoms with Crippen LogP contribution < -0.4 is 5.32 Å². The zero-order valence-electron chi connectivity index (χ0n) is 10.9. The van der Waals surface area contributed by atoms with Crippen molar-refractivity contribution in [1.29, 1.82) is 0 Å². The van der Waals surface area contributed by atoms with Crippen LogP contribution in [0.5, 0.6) is 0 Å². The number of hydrogen-bond acceptors (Lipinski definition) is 4. The first-order valence-corrected chi connectivity index (χ1v) is 7.31. The first-order valence-electron chi connectivity index (χ1n) is 6.09. The molecule has 2 aromatic rings. The number of aromatic nitrogens is 3. The van der Waals surface area contributed by atoms with E-state index in [-0.39, 0.29) is 5.91 Å². The van der Waals surface area contributed by atoms with Gasteiger partial charge in [-0.15, -0.1) is 11.8 Å². The molecule has 0 atom stereocenters. The Morgan fingerprint density at radius 3 is 3.11 bits per heavy atom. The van der Waals surface area contributed by atoms with E-state index >= 15 is 0 Å². The summed E-state index contributed by atoms with van der Waals surface area (Å²) < 4.78 is 0. The number of amides is 1. The molecule has 0 aliphatic heterocycles. The van der Waals surface area contributed by atoms with E-state index in [1.807, 2.05) is 12.3 Å². The van der Waals surface area contributed by atoms with Crippen LogP contribution in [0.1, 0.15) is 29.4 Å². The van der Waals surface area contributed by atoms with Gasteiger partial charge in [0.15, 0.2) is 5.82 Å². The summed E-state index contributed by atoms with van der Waals surface area (Å²) in [5.74, 6) is 0.358. The number of rotatable bonds is 5. The molecule has 0 saturated carbocycles. The fourth-order valence-corrected chi connectivity index (χ4v) is 2.28. The molecule has 0 spiro atoms. The van der Waals surface area contributed by atoms with Crippen molar-refractivity contribution in [3.8, 4) is 0 Å². The molecule has 2 heterocycles. The Morgan fingerprint density at radius 1 is 1.53 bits per heavy atom. The predicted molar refractivity (Wildman–Crippen MR) is 76.6 cm³/mol. The third-order valence-electron chi connectivity index (χ3n) is 2.60. The zero-order valence-corrected chi connectivity index (χ0v) is 11.8. The highest BCUT2D eigenvalue weighted by Gasteiger charge is 2.13. The Balaban J connectivity index is 2.11. The first-order chi connectivity index (χ1) is 9.24. The average Bonchev–Trinajstić information content (AvgIpc) is 2.86. The fraction of sp³-hybridized carbons (Fsp3) is 0.308. The van der Waals surface area contributed by atoms with Gasteiger partial charge in [0, 0.05) is 18.0 Å². The van der Waals surface area contributed by atoms with Crippen LogP contribution in [0.4, 0.5) is 5.82 Å². The van der Waals surface area contributed by atoms with Crippen molar-refractivity contribution in [2.45, 2.75) is 24.8 Å². The van der Waals surface area contributed by atoms with Crippen molar-refractivity contribution >= 4 is 23.5 Å². The van der Waals surface area contributed by atoms with Crippen LogP contribution in [0.2, 0.25) is 0 Å². The van der Waals surface area contributed by atoms with Crippen LogP contribution in [0, 0.1) is 0 Å². The van der Waals surface area contributed by atoms with Crippen molar-refractivity contribution in [2.75, 3.05) is 11.6 Å². The molecule has 0 bridgehead atoms. The Bertz CT molecular complexity index is 567. The molecule has 1 amide bonds. The molecule has 0 aliphatic carbocycles. The summed E-state index contributed by atoms with van der Waals surface area (Å²) in [6.07, 6.45) is 5.53. The van der Waals surface area contributed by atoms with E-state index in [1.54, 1.807) is 18.3 Å². The molecule has 5 nitrogen and oxygen atoms in total. The number of hydrogen-bond donors (Lipinski definition) is 2. The summed E-state index contributed by atoms with van der Waals surface area (Å²) in [6.45, 7) is 2.10. The number of H-pyrrole nitrogens is 1. The van der Waals surface area contributed by atoms with Gasteiger partial charge in [-0.3, -0.25) is 9.89 Å². The van der Waals surface area contributed by atoms with Crippen molar-refractivity contribution in [3.63, 3.8) is 0 Å². The van der Waals surface area contributed by atoms with Gasteiger partial charge in [-0.25, -0.2) is 4.98 Å². The normalized spacial score (nSPS) is 10.4. The van der Waals surface area contributed by atoms with Crippen molar-refractivity contribution in [3.05, 3.63) is 35.7 Å². The van der Waals surface area contributed by atoms with Crippen LogP contribution in [0.25, 0.3) is 0 Å². The molecule has 100 valence electrons. The molecule has 2 N–H and O–H groups in total. The maximum Gasteiger partial charge on any atom is 0.259 e. The molecular formula is C13H16N4OS. The van der Waals surface area contributed by atoms with Crippen LogP contribution in [-0.4, -0.2) is 27.3 Å². The Kier molecular flexibility index (Phi) is 4.57. The number of anilines is 1. The highest BCUT2D eigenvalue weighted by Crippen LogP contribution is 2.18. The number of thioether (sulfide) groups is 1. The SMILES string of the molecule is CCCc1cc(NC(=O)c2cccnc2SC)n[nH]1. The van der Waals surface area contributed by atoms with Crippen LogP contribution >= 0.6 is 11.8 Å². The largest absolute Gasteiger partial charge is 0.305 e. The first kappa shape index (κ1) is 13.6. The number of carbonyl (C=O) groups excluding carboxylic acids is 1. The van der Waals surface area contributed by atoms with Crippen molar-refractivity contribution in [2.24, 2.45) is 0 Å². The fourth-order valence-electron chi connectivity index (χ4n) is 1.73. The second-order valence-corrected chi connectivity index (χ2v) is 4.84. The molecule has 0 aliphatic rings. The molecule has 0 saturated heterocycles. The summed E-state index contributed by atoms with van der Waals surface area (Å²) in [4.78, 5) is 16.3. The second-order valence-electron chi connectivity index (χ2n) is 4.04. The van der Waals surface area contributed by atoms with Gasteiger partial charge in [-0.2, -0.15) is 5.10 Å². The lowest BCUT2D eigenvalue weighted by molar-refractivity contribution is 0.102. The van der Waals surface area contributed by atoms with E-state index in [0.29, 0.717) is 16.4 Å². The van der Waals surface area contributed by atoms with Gasteiger partial charge in [-0.05, 0) is 24.8 Å². The van der Waals surface area contributed by atoms with E-state index in [1.165, 1.54) is 11.8 Å². The standard InChI is InChI=1S/C13H16N4OS/c1-3-5-9-8-11(17-16-9)15-12(18)10-6-4-7-14-13(10)19-2/h4,6-8H,3,5H2,1-2H3,(H2,15,16,17,18). The summed E-state index contributed by atoms with van der Waals surface area (Å²) in [5.41, 5.74) is 1.59. The monoisotopic (exact) mass is 276 g/mol. The van der Waals surface area contributed by atoms with Crippen LogP contribution in [0.15, 0.2) is 29.4 Å². The smallest absolute Gasteiger partial charge is 0.259 e. The zero-order chi connectivity index (χ0) is 13.7. The minimum absolute atomic E-state index is 0.188. The summed E-state index contributed by atoms with van der Waals surface area (Å²) in [5, 5.41) is 10.5. The summed E-state index contributed by atoms with van der Waals surface area (Å²) in [6, 6.07) is 5.37. The molecule has 0 radical (unpaired) electrons. The van der Waals surface area contributed by atoms with E-state index < -0.39 is 0 Å². The van der Waals surface area contributed by atoms with Crippen molar-refractivity contribution in [1.82, 2.24) is 15.2 Å². The molecule has 2 aromatic heterocycles. The quantitative estimate of drug-likeness (QED) is 0.824. The highest BCUT2D eigenvalue weighted by atomic mass is 32.2. The highest BCUT2D eigenvalue weighted by molar-refractivity contribution is 7.98. The molecule has 19 heavy (non-hydrogen) atoms. The minimum Gasteiger partial charge on any atom is -0.305 e. The minimum atomic E-state index is -0.188. The van der Waals surface area contributed by atoms with Crippen LogP contribution in [-0.2, 0) is 6.42 Å². The van der Waals surface area contributed by atoms with Crippen molar-refractivity contribution < 1.29 is 4.79 Å². The van der Waals surface area contributed by atoms with Gasteiger partial charge in [0.2, 0.25) is 0 Å². The summed E-state index contributed by atoms with van der Waals surface area (Å²) in [7, 11) is 0. The lowest BCUT2D eigenvalue weighted by Crippen LogP contribution is -2.13. The second kappa shape index (κ2) is 6.38. The number of carbonyl (C=O) groups is 1. The average molecular weight is 276 g/mol. The van der Waals surface area contributed by atoms with E-state index in [2.05, 4.69) is 27.4 Å². The Morgan fingerprint density at radius 2 is 2.37 bits per heavy atom. The van der Waals surface area contributed by atoms with Gasteiger partial charge in [0.1, 0.15) is 5.03 Å². The van der Waals surface area contributed by atoms with E-state index in [9.17, 15) is 4.79 Å². The Hall–Kier alpha value is -1.82. The molecular weight excluding hydrogens is 260 g/mol. The van der Waals surface area contributed by atoms with Gasteiger partial charge in [-0.1, -0.05) is 13.3 Å². The molecule has 0 fully saturated rings. The van der Waals surface area contributed by atoms with Crippen LogP contribution in [0.3, 0.4) is 0 Å². The maximum absolute atomic E-state index is 12.1. The number of aromatic amines is 1. The predicted octanol–water partition coefficient (Wildman–Crippen LogP) is 2.73. The third-order valence-corrected chi connectivity index (χ3v) is 3.31. The third kappa shape index (κ3) is 3.35. The van der Waals surface area contributed by atoms with E-state index in [4.69, 9.17) is 0 Å². The number of nitrogens with one attached hydrogen (secondary N) is 2. The topological polar surface area (TPSA) is 70.7 Å². The van der Waals surface area contributed by atoms with Gasteiger partial charge in [0.25, 0.3) is 5.91 Å². The van der Waals surface area contributed by atoms with Gasteiger partial charge in [0.05, 0.1) is 5.56 Å². The lowest BCUT2D eigenvalue weighted by atomic mass is 10.2. The number of nitrogens with zero attached hydrogens (tertiary/aromatic N) is 2. The van der Waals surface area contributed by atoms with Gasteiger partial charge < -0.3 is 5.32 Å². The lowest BCUT2D eigenvalue weighted by Gasteiger charge is -2.05. The van der Waals surface area contributed by atoms with E-state index in [0.717, 1.165) is 18.5 Å². The maximum atomic E-state index is 12.1. The molecule has 0 aromatic carbocycles. The number of pyridine rings is 1. The number of aryl methyl sites for hydroxylation is 1.